The molecular formula is C29H33Cl2N3O3S. The first-order chi connectivity index (χ1) is 18.2. The average Bonchev–Trinajstić information content (AvgIpc) is 3.28. The van der Waals surface area contributed by atoms with E-state index in [0.29, 0.717) is 40.9 Å². The van der Waals surface area contributed by atoms with Crippen LogP contribution in [0.3, 0.4) is 0 Å². The summed E-state index contributed by atoms with van der Waals surface area (Å²) in [4.78, 5) is 23.6. The summed E-state index contributed by atoms with van der Waals surface area (Å²) in [6.45, 7) is 5.07. The SMILES string of the molecule is CCC1=C(C(=O)OCCN(C)C)C(c2ccccc2OC)N2C=C(CC(C)c3c(Cl)cccc3Cl)SC2=N1. The highest BCUT2D eigenvalue weighted by Gasteiger charge is 2.41. The number of ether oxygens (including phenoxy) is 2. The minimum absolute atomic E-state index is 0.0932. The van der Waals surface area contributed by atoms with Gasteiger partial charge in [0, 0.05) is 33.3 Å². The van der Waals surface area contributed by atoms with Crippen LogP contribution >= 0.6 is 35.0 Å². The van der Waals surface area contributed by atoms with Gasteiger partial charge in [-0.05, 0) is 56.6 Å². The Morgan fingerprint density at radius 1 is 1.16 bits per heavy atom. The van der Waals surface area contributed by atoms with Gasteiger partial charge >= 0.3 is 5.97 Å². The van der Waals surface area contributed by atoms with Gasteiger partial charge in [0.1, 0.15) is 12.4 Å². The number of carbonyl (C=O) groups excluding carboxylic acids is 1. The van der Waals surface area contributed by atoms with Crippen LogP contribution in [0.15, 0.2) is 69.8 Å². The Morgan fingerprint density at radius 2 is 1.87 bits per heavy atom. The fourth-order valence-electron chi connectivity index (χ4n) is 4.72. The Bertz CT molecular complexity index is 1270. The average molecular weight is 575 g/mol. The largest absolute Gasteiger partial charge is 0.496 e. The van der Waals surface area contributed by atoms with Crippen LogP contribution in [0.5, 0.6) is 5.75 Å². The molecule has 0 fully saturated rings. The highest BCUT2D eigenvalue weighted by Crippen LogP contribution is 2.48. The maximum absolute atomic E-state index is 13.5. The first-order valence-corrected chi connectivity index (χ1v) is 14.2. The summed E-state index contributed by atoms with van der Waals surface area (Å²) in [5.74, 6) is 0.442. The zero-order valence-corrected chi connectivity index (χ0v) is 24.7. The molecule has 38 heavy (non-hydrogen) atoms. The molecule has 0 radical (unpaired) electrons. The van der Waals surface area contributed by atoms with Crippen molar-refractivity contribution in [1.82, 2.24) is 9.80 Å². The minimum atomic E-state index is -0.426. The molecule has 2 aromatic rings. The monoisotopic (exact) mass is 573 g/mol. The van der Waals surface area contributed by atoms with Crippen LogP contribution in [0.2, 0.25) is 10.0 Å². The van der Waals surface area contributed by atoms with E-state index >= 15 is 0 Å². The summed E-state index contributed by atoms with van der Waals surface area (Å²) in [5, 5.41) is 2.15. The summed E-state index contributed by atoms with van der Waals surface area (Å²) < 4.78 is 11.5. The second-order valence-electron chi connectivity index (χ2n) is 9.54. The summed E-state index contributed by atoms with van der Waals surface area (Å²) in [6.07, 6.45) is 3.41. The number of hydrogen-bond donors (Lipinski definition) is 0. The third-order valence-corrected chi connectivity index (χ3v) is 8.26. The zero-order chi connectivity index (χ0) is 27.4. The molecule has 6 nitrogen and oxygen atoms in total. The normalized spacial score (nSPS) is 17.8. The van der Waals surface area contributed by atoms with Gasteiger partial charge in [-0.3, -0.25) is 0 Å². The van der Waals surface area contributed by atoms with E-state index in [0.717, 1.165) is 33.3 Å². The predicted molar refractivity (Wildman–Crippen MR) is 157 cm³/mol. The third kappa shape index (κ3) is 6.07. The van der Waals surface area contributed by atoms with Crippen molar-refractivity contribution in [2.24, 2.45) is 4.99 Å². The Kier molecular flexibility index (Phi) is 9.47. The van der Waals surface area contributed by atoms with Crippen molar-refractivity contribution in [3.63, 3.8) is 0 Å². The Labute approximate surface area is 239 Å². The molecule has 202 valence electrons. The molecule has 2 aromatic carbocycles. The van der Waals surface area contributed by atoms with Gasteiger partial charge in [0.05, 0.1) is 24.4 Å². The maximum Gasteiger partial charge on any atom is 0.338 e. The first kappa shape index (κ1) is 28.6. The number of methoxy groups -OCH3 is 1. The van der Waals surface area contributed by atoms with E-state index in [2.05, 4.69) is 18.0 Å². The van der Waals surface area contributed by atoms with Gasteiger partial charge in [0.25, 0.3) is 0 Å². The Balaban J connectivity index is 1.72. The van der Waals surface area contributed by atoms with E-state index in [1.165, 1.54) is 0 Å². The second-order valence-corrected chi connectivity index (χ2v) is 11.4. The van der Waals surface area contributed by atoms with Gasteiger partial charge < -0.3 is 19.3 Å². The van der Waals surface area contributed by atoms with Crippen LogP contribution in [0, 0.1) is 0 Å². The number of benzene rings is 2. The summed E-state index contributed by atoms with van der Waals surface area (Å²) in [7, 11) is 5.54. The maximum atomic E-state index is 13.5. The molecule has 2 atom stereocenters. The molecule has 0 spiro atoms. The van der Waals surface area contributed by atoms with Crippen LogP contribution in [0.1, 0.15) is 49.8 Å². The molecule has 2 aliphatic rings. The lowest BCUT2D eigenvalue weighted by Crippen LogP contribution is -2.35. The highest BCUT2D eigenvalue weighted by molar-refractivity contribution is 8.17. The molecule has 2 aliphatic heterocycles. The molecule has 2 heterocycles. The minimum Gasteiger partial charge on any atom is -0.496 e. The van der Waals surface area contributed by atoms with Gasteiger partial charge in [-0.2, -0.15) is 0 Å². The lowest BCUT2D eigenvalue weighted by molar-refractivity contribution is -0.140. The molecule has 4 rings (SSSR count). The number of allylic oxidation sites excluding steroid dienone is 2. The number of likely N-dealkylation sites (N-methyl/N-ethyl adjacent to an activating group) is 1. The van der Waals surface area contributed by atoms with Gasteiger partial charge in [-0.1, -0.05) is 73.1 Å². The fourth-order valence-corrected chi connectivity index (χ4v) is 6.64. The summed E-state index contributed by atoms with van der Waals surface area (Å²) >= 11 is 14.6. The van der Waals surface area contributed by atoms with E-state index < -0.39 is 6.04 Å². The van der Waals surface area contributed by atoms with Crippen LogP contribution < -0.4 is 4.74 Å². The lowest BCUT2D eigenvalue weighted by atomic mass is 9.93. The number of aliphatic imine (C=N–C) groups is 1. The number of amidine groups is 1. The van der Waals surface area contributed by atoms with Crippen LogP contribution in [0.25, 0.3) is 0 Å². The topological polar surface area (TPSA) is 54.4 Å². The highest BCUT2D eigenvalue weighted by atomic mass is 35.5. The van der Waals surface area contributed by atoms with E-state index in [4.69, 9.17) is 37.7 Å². The van der Waals surface area contributed by atoms with Gasteiger partial charge in [0.2, 0.25) is 0 Å². The quantitative estimate of drug-likeness (QED) is 0.279. The molecule has 0 aromatic heterocycles. The van der Waals surface area contributed by atoms with E-state index in [1.807, 2.05) is 68.4 Å². The molecule has 9 heteroatoms. The molecule has 0 saturated carbocycles. The number of hydrogen-bond acceptors (Lipinski definition) is 7. The standard InChI is InChI=1S/C29H33Cl2N3O3S/c1-6-23-26(28(35)37-15-14-33(3)4)27(20-10-7-8-13-24(20)36-5)34-17-19(38-29(34)32-23)16-18(2)25-21(30)11-9-12-22(25)31/h7-13,17-18,27H,6,14-16H2,1-5H3. The number of rotatable bonds is 10. The van der Waals surface area contributed by atoms with Gasteiger partial charge in [0.15, 0.2) is 5.17 Å². The van der Waals surface area contributed by atoms with Crippen molar-refractivity contribution in [2.45, 2.75) is 38.6 Å². The predicted octanol–water partition coefficient (Wildman–Crippen LogP) is 7.27. The Morgan fingerprint density at radius 3 is 2.53 bits per heavy atom. The van der Waals surface area contributed by atoms with E-state index in [1.54, 1.807) is 18.9 Å². The number of nitrogens with zero attached hydrogens (tertiary/aromatic N) is 3. The molecule has 0 bridgehead atoms. The number of halogens is 2. The smallest absolute Gasteiger partial charge is 0.338 e. The molecule has 0 aliphatic carbocycles. The van der Waals surface area contributed by atoms with E-state index in [9.17, 15) is 4.79 Å². The second kappa shape index (κ2) is 12.6. The summed E-state index contributed by atoms with van der Waals surface area (Å²) in [6, 6.07) is 13.0. The lowest BCUT2D eigenvalue weighted by Gasteiger charge is -2.34. The number of thioether (sulfide) groups is 1. The molecule has 0 saturated heterocycles. The molecule has 2 unspecified atom stereocenters. The molecule has 0 N–H and O–H groups in total. The number of fused-ring (bicyclic) bond motifs is 1. The fraction of sp³-hybridized carbons (Fsp3) is 0.379. The number of carbonyl (C=O) groups is 1. The van der Waals surface area contributed by atoms with Crippen molar-refractivity contribution in [2.75, 3.05) is 34.4 Å². The Hall–Kier alpha value is -2.45. The third-order valence-electron chi connectivity index (χ3n) is 6.58. The van der Waals surface area contributed by atoms with Crippen LogP contribution in [0.4, 0.5) is 0 Å². The van der Waals surface area contributed by atoms with Gasteiger partial charge in [-0.15, -0.1) is 0 Å². The van der Waals surface area contributed by atoms with Crippen molar-refractivity contribution in [3.8, 4) is 5.75 Å². The van der Waals surface area contributed by atoms with Crippen molar-refractivity contribution in [3.05, 3.63) is 86.0 Å². The number of para-hydroxylation sites is 1. The first-order valence-electron chi connectivity index (χ1n) is 12.6. The number of esters is 1. The van der Waals surface area contributed by atoms with Crippen molar-refractivity contribution < 1.29 is 14.3 Å². The van der Waals surface area contributed by atoms with Crippen LogP contribution in [-0.2, 0) is 9.53 Å². The molecule has 0 amide bonds. The van der Waals surface area contributed by atoms with E-state index in [-0.39, 0.29) is 11.9 Å². The van der Waals surface area contributed by atoms with Gasteiger partial charge in [-0.25, -0.2) is 9.79 Å². The van der Waals surface area contributed by atoms with Crippen molar-refractivity contribution >= 4 is 46.1 Å². The zero-order valence-electron chi connectivity index (χ0n) is 22.3. The van der Waals surface area contributed by atoms with Crippen LogP contribution in [-0.4, -0.2) is 55.3 Å². The molecular weight excluding hydrogens is 541 g/mol. The summed E-state index contributed by atoms with van der Waals surface area (Å²) in [5.41, 5.74) is 3.09. The van der Waals surface area contributed by atoms with Crippen molar-refractivity contribution in [1.29, 1.82) is 0 Å².